The molecule has 3 heterocycles. The number of thiophene rings is 1. The molecular formula is C12H19ClN2S. The smallest absolute Gasteiger partial charge is 0.0574 e. The molecule has 1 atom stereocenters. The summed E-state index contributed by atoms with van der Waals surface area (Å²) in [6.07, 6.45) is 1.23. The van der Waals surface area contributed by atoms with Crippen LogP contribution in [0.3, 0.4) is 0 Å². The van der Waals surface area contributed by atoms with Crippen molar-refractivity contribution >= 4 is 23.7 Å². The zero-order valence-electron chi connectivity index (χ0n) is 9.82. The standard InChI is InChI=1S/C12H18N2S.ClH/c1-12(2)8-13-7-10-11-9(4-6-15-11)3-5-14(10)12;/h4,6,10,13H,3,5,7-8H2,1-2H3;1H. The zero-order chi connectivity index (χ0) is 10.5. The third-order valence-corrected chi connectivity index (χ3v) is 4.81. The predicted octanol–water partition coefficient (Wildman–Crippen LogP) is 2.45. The molecule has 2 aliphatic heterocycles. The van der Waals surface area contributed by atoms with Crippen molar-refractivity contribution in [3.05, 3.63) is 21.9 Å². The lowest BCUT2D eigenvalue weighted by molar-refractivity contribution is 0.0316. The Balaban J connectivity index is 0.000000963. The van der Waals surface area contributed by atoms with Crippen LogP contribution in [0.1, 0.15) is 30.3 Å². The normalized spacial score (nSPS) is 27.8. The van der Waals surface area contributed by atoms with Gasteiger partial charge in [-0.2, -0.15) is 0 Å². The predicted molar refractivity (Wildman–Crippen MR) is 71.7 cm³/mol. The highest BCUT2D eigenvalue weighted by molar-refractivity contribution is 7.10. The summed E-state index contributed by atoms with van der Waals surface area (Å²) in [6, 6.07) is 2.93. The Morgan fingerprint density at radius 3 is 3.12 bits per heavy atom. The zero-order valence-corrected chi connectivity index (χ0v) is 11.5. The molecule has 0 bridgehead atoms. The molecule has 2 nitrogen and oxygen atoms in total. The Labute approximate surface area is 107 Å². The van der Waals surface area contributed by atoms with Gasteiger partial charge in [0.05, 0.1) is 6.04 Å². The van der Waals surface area contributed by atoms with E-state index < -0.39 is 0 Å². The number of nitrogens with zero attached hydrogens (tertiary/aromatic N) is 1. The van der Waals surface area contributed by atoms with E-state index in [0.717, 1.165) is 13.1 Å². The number of piperazine rings is 1. The van der Waals surface area contributed by atoms with E-state index in [4.69, 9.17) is 0 Å². The lowest BCUT2D eigenvalue weighted by Gasteiger charge is -2.50. The van der Waals surface area contributed by atoms with Gasteiger partial charge in [-0.1, -0.05) is 0 Å². The van der Waals surface area contributed by atoms with Gasteiger partial charge in [-0.15, -0.1) is 23.7 Å². The summed E-state index contributed by atoms with van der Waals surface area (Å²) in [4.78, 5) is 4.28. The summed E-state index contributed by atoms with van der Waals surface area (Å²) in [5.41, 5.74) is 1.89. The Hall–Kier alpha value is -0.0900. The molecule has 0 saturated carbocycles. The highest BCUT2D eigenvalue weighted by atomic mass is 35.5. The number of nitrogens with one attached hydrogen (secondary N) is 1. The van der Waals surface area contributed by atoms with Crippen LogP contribution in [-0.2, 0) is 6.42 Å². The maximum absolute atomic E-state index is 3.57. The van der Waals surface area contributed by atoms with E-state index in [1.54, 1.807) is 10.4 Å². The SMILES string of the molecule is CC1(C)CNCC2c3sccc3CCN21.Cl. The molecule has 90 valence electrons. The molecule has 1 fully saturated rings. The second-order valence-electron chi connectivity index (χ2n) is 5.21. The Morgan fingerprint density at radius 1 is 1.50 bits per heavy atom. The van der Waals surface area contributed by atoms with Crippen LogP contribution in [0.15, 0.2) is 11.4 Å². The molecular weight excluding hydrogens is 240 g/mol. The number of hydrogen-bond acceptors (Lipinski definition) is 3. The fourth-order valence-electron chi connectivity index (χ4n) is 2.93. The third kappa shape index (κ3) is 1.80. The molecule has 0 amide bonds. The van der Waals surface area contributed by atoms with E-state index in [1.165, 1.54) is 13.0 Å². The van der Waals surface area contributed by atoms with Gasteiger partial charge in [0.25, 0.3) is 0 Å². The van der Waals surface area contributed by atoms with Gasteiger partial charge < -0.3 is 5.32 Å². The second kappa shape index (κ2) is 4.30. The van der Waals surface area contributed by atoms with Crippen molar-refractivity contribution in [1.29, 1.82) is 0 Å². The van der Waals surface area contributed by atoms with Crippen molar-refractivity contribution in [3.63, 3.8) is 0 Å². The van der Waals surface area contributed by atoms with E-state index in [9.17, 15) is 0 Å². The molecule has 4 heteroatoms. The fourth-order valence-corrected chi connectivity index (χ4v) is 4.00. The minimum absolute atomic E-state index is 0. The molecule has 1 aromatic heterocycles. The van der Waals surface area contributed by atoms with Crippen LogP contribution in [0.5, 0.6) is 0 Å². The van der Waals surface area contributed by atoms with Gasteiger partial charge in [-0.25, -0.2) is 0 Å². The van der Waals surface area contributed by atoms with Crippen LogP contribution in [-0.4, -0.2) is 30.1 Å². The van der Waals surface area contributed by atoms with Gasteiger partial charge in [0, 0.05) is 30.1 Å². The molecule has 0 radical (unpaired) electrons. The van der Waals surface area contributed by atoms with Crippen molar-refractivity contribution in [3.8, 4) is 0 Å². The number of halogens is 1. The van der Waals surface area contributed by atoms with Gasteiger partial charge in [0.2, 0.25) is 0 Å². The van der Waals surface area contributed by atoms with E-state index in [2.05, 4.69) is 35.5 Å². The molecule has 2 aliphatic rings. The monoisotopic (exact) mass is 258 g/mol. The average Bonchev–Trinajstić information content (AvgIpc) is 2.65. The van der Waals surface area contributed by atoms with Crippen molar-refractivity contribution in [2.24, 2.45) is 0 Å². The topological polar surface area (TPSA) is 15.3 Å². The van der Waals surface area contributed by atoms with Crippen molar-refractivity contribution in [1.82, 2.24) is 10.2 Å². The summed E-state index contributed by atoms with van der Waals surface area (Å²) >= 11 is 1.93. The largest absolute Gasteiger partial charge is 0.313 e. The van der Waals surface area contributed by atoms with Gasteiger partial charge in [-0.05, 0) is 37.3 Å². The van der Waals surface area contributed by atoms with Crippen molar-refractivity contribution < 1.29 is 0 Å². The number of rotatable bonds is 0. The maximum Gasteiger partial charge on any atom is 0.0574 e. The summed E-state index contributed by atoms with van der Waals surface area (Å²) in [5, 5.41) is 5.82. The van der Waals surface area contributed by atoms with Gasteiger partial charge >= 0.3 is 0 Å². The highest BCUT2D eigenvalue weighted by Gasteiger charge is 2.40. The van der Waals surface area contributed by atoms with E-state index in [0.29, 0.717) is 11.6 Å². The van der Waals surface area contributed by atoms with Crippen LogP contribution in [0.2, 0.25) is 0 Å². The first kappa shape index (κ1) is 12.4. The second-order valence-corrected chi connectivity index (χ2v) is 6.16. The Bertz CT molecular complexity index is 375. The van der Waals surface area contributed by atoms with E-state index >= 15 is 0 Å². The van der Waals surface area contributed by atoms with Crippen LogP contribution in [0.4, 0.5) is 0 Å². The summed E-state index contributed by atoms with van der Waals surface area (Å²) in [6.45, 7) is 8.17. The molecule has 1 unspecified atom stereocenters. The van der Waals surface area contributed by atoms with Gasteiger partial charge in [-0.3, -0.25) is 4.90 Å². The first-order chi connectivity index (χ1) is 7.18. The van der Waals surface area contributed by atoms with Gasteiger partial charge in [0.15, 0.2) is 0 Å². The molecule has 0 aromatic carbocycles. The molecule has 3 rings (SSSR count). The maximum atomic E-state index is 3.57. The van der Waals surface area contributed by atoms with Gasteiger partial charge in [0.1, 0.15) is 0 Å². The molecule has 1 N–H and O–H groups in total. The lowest BCUT2D eigenvalue weighted by atomic mass is 9.90. The summed E-state index contributed by atoms with van der Waals surface area (Å²) in [7, 11) is 0. The minimum Gasteiger partial charge on any atom is -0.313 e. The van der Waals surface area contributed by atoms with Crippen LogP contribution >= 0.6 is 23.7 Å². The molecule has 1 aromatic rings. The first-order valence-electron chi connectivity index (χ1n) is 5.72. The number of hydrogen-bond donors (Lipinski definition) is 1. The highest BCUT2D eigenvalue weighted by Crippen LogP contribution is 2.39. The summed E-state index contributed by atoms with van der Waals surface area (Å²) < 4.78 is 0. The molecule has 16 heavy (non-hydrogen) atoms. The first-order valence-corrected chi connectivity index (χ1v) is 6.60. The lowest BCUT2D eigenvalue weighted by Crippen LogP contribution is -2.60. The number of fused-ring (bicyclic) bond motifs is 3. The van der Waals surface area contributed by atoms with Crippen LogP contribution in [0.25, 0.3) is 0 Å². The quantitative estimate of drug-likeness (QED) is 0.769. The molecule has 1 saturated heterocycles. The van der Waals surface area contributed by atoms with Crippen molar-refractivity contribution in [2.45, 2.75) is 31.8 Å². The van der Waals surface area contributed by atoms with Crippen molar-refractivity contribution in [2.75, 3.05) is 19.6 Å². The fraction of sp³-hybridized carbons (Fsp3) is 0.667. The molecule has 0 spiro atoms. The Kier molecular flexibility index (Phi) is 3.32. The van der Waals surface area contributed by atoms with Crippen LogP contribution < -0.4 is 5.32 Å². The molecule has 0 aliphatic carbocycles. The van der Waals surface area contributed by atoms with Crippen LogP contribution in [0, 0.1) is 0 Å². The third-order valence-electron chi connectivity index (χ3n) is 3.75. The van der Waals surface area contributed by atoms with E-state index in [-0.39, 0.29) is 12.4 Å². The van der Waals surface area contributed by atoms with E-state index in [1.807, 2.05) is 11.3 Å². The average molecular weight is 259 g/mol. The summed E-state index contributed by atoms with van der Waals surface area (Å²) in [5.74, 6) is 0. The Morgan fingerprint density at radius 2 is 2.31 bits per heavy atom. The minimum atomic E-state index is 0.